The summed E-state index contributed by atoms with van der Waals surface area (Å²) in [6, 6.07) is 0. The molecule has 2 atom stereocenters. The van der Waals surface area contributed by atoms with Crippen molar-refractivity contribution < 1.29 is 4.74 Å². The molecule has 0 aromatic heterocycles. The first-order chi connectivity index (χ1) is 16.7. The third-order valence-electron chi connectivity index (χ3n) is 8.19. The zero-order chi connectivity index (χ0) is 27.3. The fraction of sp³-hybridized carbons (Fsp3) is 1.00. The van der Waals surface area contributed by atoms with Crippen LogP contribution in [0.15, 0.2) is 0 Å². The highest BCUT2D eigenvalue weighted by Crippen LogP contribution is 2.41. The first-order valence-electron chi connectivity index (χ1n) is 15.3. The van der Waals surface area contributed by atoms with E-state index in [0.717, 1.165) is 11.8 Å². The van der Waals surface area contributed by atoms with Crippen LogP contribution in [0.3, 0.4) is 0 Å². The van der Waals surface area contributed by atoms with Gasteiger partial charge in [-0.3, -0.25) is 0 Å². The van der Waals surface area contributed by atoms with E-state index >= 15 is 0 Å². The lowest BCUT2D eigenvalue weighted by Crippen LogP contribution is -2.37. The van der Waals surface area contributed by atoms with Crippen molar-refractivity contribution in [3.05, 3.63) is 0 Å². The number of ether oxygens (including phenoxy) is 1. The number of likely N-dealkylation sites (tertiary alicyclic amines) is 3. The van der Waals surface area contributed by atoms with Gasteiger partial charge in [-0.1, -0.05) is 68.2 Å². The highest BCUT2D eigenvalue weighted by Gasteiger charge is 2.33. The lowest BCUT2D eigenvalue weighted by molar-refractivity contribution is 0.0484. The molecule has 0 aromatic carbocycles. The van der Waals surface area contributed by atoms with Crippen LogP contribution in [0.4, 0.5) is 0 Å². The summed E-state index contributed by atoms with van der Waals surface area (Å²) in [5.41, 5.74) is 0.621. The molecule has 0 aliphatic carbocycles. The maximum absolute atomic E-state index is 5.21. The number of nitrogens with zero attached hydrogens (tertiary/aromatic N) is 3. The Labute approximate surface area is 223 Å². The topological polar surface area (TPSA) is 19.0 Å². The van der Waals surface area contributed by atoms with E-state index in [-0.39, 0.29) is 0 Å². The van der Waals surface area contributed by atoms with Gasteiger partial charge in [0.1, 0.15) is 0 Å². The van der Waals surface area contributed by atoms with Crippen LogP contribution in [0.1, 0.15) is 113 Å². The minimum atomic E-state index is 0.529. The lowest BCUT2D eigenvalue weighted by Gasteiger charge is -2.41. The van der Waals surface area contributed by atoms with Gasteiger partial charge in [0.15, 0.2) is 0 Å². The predicted octanol–water partition coefficient (Wildman–Crippen LogP) is 7.67. The van der Waals surface area contributed by atoms with Crippen molar-refractivity contribution in [2.45, 2.75) is 119 Å². The quantitative estimate of drug-likeness (QED) is 0.386. The van der Waals surface area contributed by atoms with Gasteiger partial charge in [0, 0.05) is 26.7 Å². The molecule has 3 aliphatic rings. The Kier molecular flexibility index (Phi) is 24.3. The predicted molar refractivity (Wildman–Crippen MR) is 160 cm³/mol. The summed E-state index contributed by atoms with van der Waals surface area (Å²) < 4.78 is 5.21. The van der Waals surface area contributed by atoms with E-state index in [1.165, 1.54) is 97.1 Å². The molecule has 0 saturated carbocycles. The van der Waals surface area contributed by atoms with Crippen LogP contribution < -0.4 is 0 Å². The van der Waals surface area contributed by atoms with Crippen molar-refractivity contribution in [1.29, 1.82) is 0 Å². The lowest BCUT2D eigenvalue weighted by atomic mass is 9.68. The van der Waals surface area contributed by atoms with Crippen molar-refractivity contribution in [3.63, 3.8) is 0 Å². The summed E-state index contributed by atoms with van der Waals surface area (Å²) in [6.07, 6.45) is 12.7. The van der Waals surface area contributed by atoms with E-state index < -0.39 is 0 Å². The Morgan fingerprint density at radius 2 is 1.23 bits per heavy atom. The Morgan fingerprint density at radius 3 is 1.57 bits per heavy atom. The van der Waals surface area contributed by atoms with Gasteiger partial charge in [-0.2, -0.15) is 0 Å². The Balaban J connectivity index is 0. The molecule has 0 spiro atoms. The molecule has 3 fully saturated rings. The van der Waals surface area contributed by atoms with E-state index in [2.05, 4.69) is 63.5 Å². The van der Waals surface area contributed by atoms with Gasteiger partial charge in [-0.25, -0.2) is 0 Å². The summed E-state index contributed by atoms with van der Waals surface area (Å²) >= 11 is 0. The maximum atomic E-state index is 5.21. The van der Waals surface area contributed by atoms with Crippen molar-refractivity contribution in [1.82, 2.24) is 14.7 Å². The molecule has 3 aliphatic heterocycles. The van der Waals surface area contributed by atoms with E-state index in [4.69, 9.17) is 4.74 Å². The third kappa shape index (κ3) is 17.1. The minimum Gasteiger partial charge on any atom is -0.381 e. The van der Waals surface area contributed by atoms with E-state index in [0.29, 0.717) is 11.5 Å². The second-order valence-corrected chi connectivity index (χ2v) is 11.1. The normalized spacial score (nSPS) is 24.2. The first kappa shape index (κ1) is 37.0. The number of piperidine rings is 3. The van der Waals surface area contributed by atoms with Crippen LogP contribution in [0.25, 0.3) is 0 Å². The van der Waals surface area contributed by atoms with Crippen molar-refractivity contribution in [2.24, 2.45) is 17.3 Å². The van der Waals surface area contributed by atoms with Gasteiger partial charge in [0.2, 0.25) is 0 Å². The number of methoxy groups -OCH3 is 1. The molecule has 0 radical (unpaired) electrons. The monoisotopic (exact) mass is 500 g/mol. The van der Waals surface area contributed by atoms with Crippen LogP contribution in [0.2, 0.25) is 0 Å². The third-order valence-corrected chi connectivity index (χ3v) is 8.19. The van der Waals surface area contributed by atoms with Crippen LogP contribution in [-0.2, 0) is 4.74 Å². The summed E-state index contributed by atoms with van der Waals surface area (Å²) in [5, 5.41) is 0. The molecular weight excluding hydrogens is 430 g/mol. The van der Waals surface area contributed by atoms with Gasteiger partial charge in [-0.05, 0) is 103 Å². The molecule has 3 saturated heterocycles. The molecule has 0 N–H and O–H groups in total. The van der Waals surface area contributed by atoms with Crippen molar-refractivity contribution in [3.8, 4) is 0 Å². The molecule has 4 heteroatoms. The van der Waals surface area contributed by atoms with Crippen LogP contribution in [0.5, 0.6) is 0 Å². The fourth-order valence-corrected chi connectivity index (χ4v) is 5.59. The molecule has 3 heterocycles. The fourth-order valence-electron chi connectivity index (χ4n) is 5.59. The molecule has 35 heavy (non-hydrogen) atoms. The van der Waals surface area contributed by atoms with Gasteiger partial charge in [-0.15, -0.1) is 0 Å². The zero-order valence-electron chi connectivity index (χ0n) is 26.6. The van der Waals surface area contributed by atoms with E-state index in [1.54, 1.807) is 7.11 Å². The average Bonchev–Trinajstić information content (AvgIpc) is 2.88. The average molecular weight is 500 g/mol. The highest BCUT2D eigenvalue weighted by molar-refractivity contribution is 4.84. The van der Waals surface area contributed by atoms with Gasteiger partial charge in [0.05, 0.1) is 6.10 Å². The van der Waals surface area contributed by atoms with Crippen LogP contribution >= 0.6 is 0 Å². The van der Waals surface area contributed by atoms with Crippen molar-refractivity contribution >= 4 is 0 Å². The second-order valence-electron chi connectivity index (χ2n) is 11.1. The number of rotatable bonds is 5. The second kappa shape index (κ2) is 23.0. The summed E-state index contributed by atoms with van der Waals surface area (Å²) in [5.74, 6) is 1.91. The molecule has 0 amide bonds. The summed E-state index contributed by atoms with van der Waals surface area (Å²) in [4.78, 5) is 7.22. The Bertz CT molecular complexity index is 423. The van der Waals surface area contributed by atoms with Gasteiger partial charge in [0.25, 0.3) is 0 Å². The van der Waals surface area contributed by atoms with Crippen LogP contribution in [-0.4, -0.2) is 88.3 Å². The molecule has 3 rings (SSSR count). The molecule has 4 nitrogen and oxygen atoms in total. The van der Waals surface area contributed by atoms with E-state index in [1.807, 2.05) is 27.7 Å². The van der Waals surface area contributed by atoms with Gasteiger partial charge >= 0.3 is 0 Å². The highest BCUT2D eigenvalue weighted by atomic mass is 16.5. The van der Waals surface area contributed by atoms with Crippen molar-refractivity contribution in [2.75, 3.05) is 67.5 Å². The SMILES string of the molecule is CC.CC.CC1CCCN(C)C1.CCCC(C)(CC)C1CCN(C)CC1.COC1CCN(C)CC1. The molecular formula is C31H69N3O. The summed E-state index contributed by atoms with van der Waals surface area (Å²) in [7, 11) is 8.41. The molecule has 0 aromatic rings. The number of hydrogen-bond acceptors (Lipinski definition) is 4. The van der Waals surface area contributed by atoms with E-state index in [9.17, 15) is 0 Å². The largest absolute Gasteiger partial charge is 0.381 e. The van der Waals surface area contributed by atoms with Gasteiger partial charge < -0.3 is 19.4 Å². The molecule has 2 unspecified atom stereocenters. The van der Waals surface area contributed by atoms with Crippen LogP contribution in [0, 0.1) is 17.3 Å². The standard InChI is InChI=1S/C13H27N.C7H15NO.C7H15N.2C2H6/c1-5-9-13(3,6-2)12-7-10-14(4)11-8-12;1-8-5-3-7(9-2)4-6-8;1-7-4-3-5-8(2)6-7;2*1-2/h12H,5-11H2,1-4H3;7H,3-6H2,1-2H3;7H,3-6H2,1-2H3;2*1-2H3. The smallest absolute Gasteiger partial charge is 0.0595 e. The summed E-state index contributed by atoms with van der Waals surface area (Å²) in [6.45, 7) is 25.1. The number of hydrogen-bond donors (Lipinski definition) is 0. The molecule has 214 valence electrons. The zero-order valence-corrected chi connectivity index (χ0v) is 26.6. The Morgan fingerprint density at radius 1 is 0.743 bits per heavy atom. The minimum absolute atomic E-state index is 0.529. The Hall–Kier alpha value is -0.160. The maximum Gasteiger partial charge on any atom is 0.0595 e. The first-order valence-corrected chi connectivity index (χ1v) is 15.3. The molecule has 0 bridgehead atoms.